The molecule has 17 heavy (non-hydrogen) atoms. The molecular formula is C15H24N2. The number of nitrogens with one attached hydrogen (secondary N) is 2. The van der Waals surface area contributed by atoms with Crippen LogP contribution in [0.15, 0.2) is 24.3 Å². The highest BCUT2D eigenvalue weighted by Crippen LogP contribution is 2.15. The second-order valence-electron chi connectivity index (χ2n) is 5.24. The Balaban J connectivity index is 1.80. The van der Waals surface area contributed by atoms with E-state index in [9.17, 15) is 0 Å². The molecule has 1 aliphatic rings. The minimum Gasteiger partial charge on any atom is -0.317 e. The zero-order chi connectivity index (χ0) is 12.1. The van der Waals surface area contributed by atoms with Crippen molar-refractivity contribution in [2.75, 3.05) is 19.6 Å². The highest BCUT2D eigenvalue weighted by molar-refractivity contribution is 5.24. The van der Waals surface area contributed by atoms with Crippen molar-refractivity contribution in [1.82, 2.24) is 10.6 Å². The van der Waals surface area contributed by atoms with E-state index < -0.39 is 0 Å². The van der Waals surface area contributed by atoms with Gasteiger partial charge in [-0.3, -0.25) is 0 Å². The van der Waals surface area contributed by atoms with Crippen LogP contribution in [0.3, 0.4) is 0 Å². The minimum absolute atomic E-state index is 0.602. The molecule has 2 rings (SSSR count). The molecule has 0 radical (unpaired) electrons. The Morgan fingerprint density at radius 2 is 1.88 bits per heavy atom. The maximum Gasteiger partial charge on any atom is 0.00914 e. The van der Waals surface area contributed by atoms with Gasteiger partial charge in [0.2, 0.25) is 0 Å². The van der Waals surface area contributed by atoms with Crippen molar-refractivity contribution in [2.24, 2.45) is 0 Å². The van der Waals surface area contributed by atoms with Gasteiger partial charge < -0.3 is 10.6 Å². The van der Waals surface area contributed by atoms with Crippen LogP contribution in [0.1, 0.15) is 36.8 Å². The number of aryl methyl sites for hydroxylation is 1. The Labute approximate surface area is 105 Å². The number of piperidine rings is 1. The van der Waals surface area contributed by atoms with Crippen LogP contribution in [0.25, 0.3) is 0 Å². The molecule has 0 saturated carbocycles. The highest BCUT2D eigenvalue weighted by Gasteiger charge is 2.13. The van der Waals surface area contributed by atoms with E-state index in [1.54, 1.807) is 0 Å². The Morgan fingerprint density at radius 3 is 2.53 bits per heavy atom. The van der Waals surface area contributed by atoms with Gasteiger partial charge in [0.1, 0.15) is 0 Å². The molecule has 0 aromatic heterocycles. The van der Waals surface area contributed by atoms with Crippen LogP contribution in [0.5, 0.6) is 0 Å². The lowest BCUT2D eigenvalue weighted by molar-refractivity contribution is 0.381. The molecule has 0 aliphatic carbocycles. The third-order valence-corrected chi connectivity index (χ3v) is 3.70. The lowest BCUT2D eigenvalue weighted by atomic mass is 9.99. The summed E-state index contributed by atoms with van der Waals surface area (Å²) in [6, 6.07) is 9.63. The van der Waals surface area contributed by atoms with Crippen molar-refractivity contribution in [3.05, 3.63) is 35.4 Å². The monoisotopic (exact) mass is 232 g/mol. The number of hydrogen-bond donors (Lipinski definition) is 2. The van der Waals surface area contributed by atoms with E-state index in [1.165, 1.54) is 24.0 Å². The van der Waals surface area contributed by atoms with Gasteiger partial charge in [-0.2, -0.15) is 0 Å². The number of benzene rings is 1. The number of rotatable bonds is 4. The average Bonchev–Trinajstić information content (AvgIpc) is 2.38. The van der Waals surface area contributed by atoms with Crippen molar-refractivity contribution >= 4 is 0 Å². The molecule has 0 bridgehead atoms. The molecule has 1 aromatic carbocycles. The fourth-order valence-electron chi connectivity index (χ4n) is 2.38. The Hall–Kier alpha value is -0.860. The van der Waals surface area contributed by atoms with Crippen LogP contribution >= 0.6 is 0 Å². The van der Waals surface area contributed by atoms with E-state index in [0.29, 0.717) is 12.0 Å². The predicted molar refractivity (Wildman–Crippen MR) is 73.5 cm³/mol. The van der Waals surface area contributed by atoms with Gasteiger partial charge in [0.15, 0.2) is 0 Å². The summed E-state index contributed by atoms with van der Waals surface area (Å²) >= 11 is 0. The van der Waals surface area contributed by atoms with Gasteiger partial charge in [0.05, 0.1) is 0 Å². The van der Waals surface area contributed by atoms with E-state index >= 15 is 0 Å². The zero-order valence-electron chi connectivity index (χ0n) is 11.0. The van der Waals surface area contributed by atoms with Gasteiger partial charge in [-0.25, -0.2) is 0 Å². The van der Waals surface area contributed by atoms with E-state index in [0.717, 1.165) is 19.6 Å². The topological polar surface area (TPSA) is 24.1 Å². The maximum atomic E-state index is 3.69. The lowest BCUT2D eigenvalue weighted by Gasteiger charge is -2.25. The maximum absolute atomic E-state index is 3.69. The molecule has 1 fully saturated rings. The summed E-state index contributed by atoms with van der Waals surface area (Å²) in [5.74, 6) is 0.602. The van der Waals surface area contributed by atoms with Crippen molar-refractivity contribution in [3.8, 4) is 0 Å². The van der Waals surface area contributed by atoms with E-state index in [1.807, 2.05) is 0 Å². The molecule has 1 heterocycles. The molecule has 1 aromatic rings. The summed E-state index contributed by atoms with van der Waals surface area (Å²) in [5.41, 5.74) is 2.78. The first-order valence-corrected chi connectivity index (χ1v) is 6.76. The van der Waals surface area contributed by atoms with Crippen LogP contribution < -0.4 is 10.6 Å². The Bertz CT molecular complexity index is 325. The first kappa shape index (κ1) is 12.6. The van der Waals surface area contributed by atoms with Crippen LogP contribution in [0.4, 0.5) is 0 Å². The Kier molecular flexibility index (Phi) is 4.57. The SMILES string of the molecule is Cc1ccc(C(C)CNC2CCNCC2)cc1. The first-order chi connectivity index (χ1) is 8.25. The van der Waals surface area contributed by atoms with Gasteiger partial charge in [0, 0.05) is 12.6 Å². The normalized spacial score (nSPS) is 19.2. The van der Waals surface area contributed by atoms with Gasteiger partial charge in [-0.15, -0.1) is 0 Å². The van der Waals surface area contributed by atoms with Crippen LogP contribution in [-0.4, -0.2) is 25.7 Å². The molecule has 1 unspecified atom stereocenters. The standard InChI is InChI=1S/C15H24N2/c1-12-3-5-14(6-4-12)13(2)11-17-15-7-9-16-10-8-15/h3-6,13,15-17H,7-11H2,1-2H3. The quantitative estimate of drug-likeness (QED) is 0.833. The van der Waals surface area contributed by atoms with Crippen molar-refractivity contribution in [3.63, 3.8) is 0 Å². The third kappa shape index (κ3) is 3.83. The van der Waals surface area contributed by atoms with E-state index in [-0.39, 0.29) is 0 Å². The zero-order valence-corrected chi connectivity index (χ0v) is 11.0. The molecule has 1 saturated heterocycles. The molecule has 0 amide bonds. The minimum atomic E-state index is 0.602. The molecule has 2 nitrogen and oxygen atoms in total. The van der Waals surface area contributed by atoms with Crippen LogP contribution in [-0.2, 0) is 0 Å². The fourth-order valence-corrected chi connectivity index (χ4v) is 2.38. The van der Waals surface area contributed by atoms with E-state index in [2.05, 4.69) is 48.7 Å². The first-order valence-electron chi connectivity index (χ1n) is 6.76. The van der Waals surface area contributed by atoms with Crippen molar-refractivity contribution in [2.45, 2.75) is 38.6 Å². The van der Waals surface area contributed by atoms with Gasteiger partial charge in [0.25, 0.3) is 0 Å². The van der Waals surface area contributed by atoms with Gasteiger partial charge in [-0.05, 0) is 44.3 Å². The molecule has 1 aliphatic heterocycles. The second-order valence-corrected chi connectivity index (χ2v) is 5.24. The fraction of sp³-hybridized carbons (Fsp3) is 0.600. The van der Waals surface area contributed by atoms with Crippen LogP contribution in [0.2, 0.25) is 0 Å². The lowest BCUT2D eigenvalue weighted by Crippen LogP contribution is -2.41. The summed E-state index contributed by atoms with van der Waals surface area (Å²) in [4.78, 5) is 0. The van der Waals surface area contributed by atoms with Crippen molar-refractivity contribution < 1.29 is 0 Å². The summed E-state index contributed by atoms with van der Waals surface area (Å²) < 4.78 is 0. The third-order valence-electron chi connectivity index (χ3n) is 3.70. The predicted octanol–water partition coefficient (Wildman–Crippen LogP) is 2.44. The molecule has 2 heteroatoms. The highest BCUT2D eigenvalue weighted by atomic mass is 15.0. The van der Waals surface area contributed by atoms with Gasteiger partial charge in [-0.1, -0.05) is 36.8 Å². The smallest absolute Gasteiger partial charge is 0.00914 e. The average molecular weight is 232 g/mol. The van der Waals surface area contributed by atoms with Crippen molar-refractivity contribution in [1.29, 1.82) is 0 Å². The summed E-state index contributed by atoms with van der Waals surface area (Å²) in [6.45, 7) is 7.86. The Morgan fingerprint density at radius 1 is 1.24 bits per heavy atom. The number of hydrogen-bond acceptors (Lipinski definition) is 2. The summed E-state index contributed by atoms with van der Waals surface area (Å²) in [5, 5.41) is 7.09. The molecular weight excluding hydrogens is 208 g/mol. The summed E-state index contributed by atoms with van der Waals surface area (Å²) in [7, 11) is 0. The molecule has 94 valence electrons. The molecule has 2 N–H and O–H groups in total. The molecule has 0 spiro atoms. The van der Waals surface area contributed by atoms with Crippen LogP contribution in [0, 0.1) is 6.92 Å². The second kappa shape index (κ2) is 6.18. The molecule has 1 atom stereocenters. The summed E-state index contributed by atoms with van der Waals surface area (Å²) in [6.07, 6.45) is 2.53. The van der Waals surface area contributed by atoms with E-state index in [4.69, 9.17) is 0 Å². The largest absolute Gasteiger partial charge is 0.317 e. The van der Waals surface area contributed by atoms with Gasteiger partial charge >= 0.3 is 0 Å².